The summed E-state index contributed by atoms with van der Waals surface area (Å²) < 4.78 is 22.0. The van der Waals surface area contributed by atoms with Crippen molar-refractivity contribution in [1.29, 1.82) is 0 Å². The van der Waals surface area contributed by atoms with Gasteiger partial charge in [-0.25, -0.2) is 9.37 Å². The van der Waals surface area contributed by atoms with E-state index in [0.717, 1.165) is 69.5 Å². The topological polar surface area (TPSA) is 56.2 Å². The first-order chi connectivity index (χ1) is 15.6. The molecular weight excluding hydrogens is 405 g/mol. The van der Waals surface area contributed by atoms with Gasteiger partial charge in [0.2, 0.25) is 0 Å². The summed E-state index contributed by atoms with van der Waals surface area (Å²) in [6.07, 6.45) is 10.5. The largest absolute Gasteiger partial charge is 0.469 e. The molecule has 1 aromatic carbocycles. The summed E-state index contributed by atoms with van der Waals surface area (Å²) in [7, 11) is 1.47. The zero-order valence-electron chi connectivity index (χ0n) is 19.4. The molecule has 0 radical (unpaired) electrons. The van der Waals surface area contributed by atoms with E-state index in [0.29, 0.717) is 18.3 Å². The molecule has 0 unspecified atom stereocenters. The van der Waals surface area contributed by atoms with Crippen molar-refractivity contribution < 1.29 is 13.9 Å². The molecular formula is C26H36FN3O2. The van der Waals surface area contributed by atoms with Crippen LogP contribution in [0.4, 0.5) is 4.39 Å². The predicted octanol–water partition coefficient (Wildman–Crippen LogP) is 4.50. The second-order valence-electron chi connectivity index (χ2n) is 9.48. The van der Waals surface area contributed by atoms with Gasteiger partial charge in [0, 0.05) is 37.2 Å². The molecule has 1 aromatic heterocycles. The van der Waals surface area contributed by atoms with E-state index >= 15 is 0 Å². The third-order valence-electron chi connectivity index (χ3n) is 7.96. The fourth-order valence-corrected chi connectivity index (χ4v) is 6.54. The average Bonchev–Trinajstić information content (AvgIpc) is 3.47. The van der Waals surface area contributed by atoms with Crippen molar-refractivity contribution in [3.63, 3.8) is 0 Å². The van der Waals surface area contributed by atoms with E-state index in [1.807, 2.05) is 12.3 Å². The maximum absolute atomic E-state index is 14.6. The van der Waals surface area contributed by atoms with Gasteiger partial charge in [-0.2, -0.15) is 0 Å². The number of nitrogens with zero attached hydrogens (tertiary/aromatic N) is 2. The zero-order valence-corrected chi connectivity index (χ0v) is 19.4. The van der Waals surface area contributed by atoms with Gasteiger partial charge in [0.1, 0.15) is 11.6 Å². The molecule has 32 heavy (non-hydrogen) atoms. The number of hydrogen-bond donors (Lipinski definition) is 1. The predicted molar refractivity (Wildman–Crippen MR) is 123 cm³/mol. The summed E-state index contributed by atoms with van der Waals surface area (Å²) in [6.45, 7) is 4.84. The van der Waals surface area contributed by atoms with Crippen LogP contribution in [0.15, 0.2) is 36.7 Å². The number of hydrogen-bond acceptors (Lipinski definition) is 4. The summed E-state index contributed by atoms with van der Waals surface area (Å²) in [5.41, 5.74) is 0.811. The van der Waals surface area contributed by atoms with Gasteiger partial charge in [-0.3, -0.25) is 4.79 Å². The minimum Gasteiger partial charge on any atom is -0.469 e. The second kappa shape index (κ2) is 10.2. The summed E-state index contributed by atoms with van der Waals surface area (Å²) in [4.78, 5) is 16.9. The van der Waals surface area contributed by atoms with Crippen molar-refractivity contribution >= 4 is 5.97 Å². The number of methoxy groups -OCH3 is 1. The summed E-state index contributed by atoms with van der Waals surface area (Å²) in [5.74, 6) is 1.66. The van der Waals surface area contributed by atoms with Crippen LogP contribution in [-0.4, -0.2) is 35.7 Å². The van der Waals surface area contributed by atoms with Crippen LogP contribution in [0.5, 0.6) is 0 Å². The van der Waals surface area contributed by atoms with Crippen LogP contribution < -0.4 is 5.32 Å². The Morgan fingerprint density at radius 2 is 2.09 bits per heavy atom. The van der Waals surface area contributed by atoms with E-state index in [2.05, 4.69) is 34.1 Å². The Kier molecular flexibility index (Phi) is 7.29. The number of halogens is 1. The van der Waals surface area contributed by atoms with Gasteiger partial charge >= 0.3 is 5.97 Å². The second-order valence-corrected chi connectivity index (χ2v) is 9.48. The minimum atomic E-state index is -0.260. The van der Waals surface area contributed by atoms with Crippen LogP contribution in [0.3, 0.4) is 0 Å². The standard InChI is InChI=1S/C26H36FN3O2/c1-3-24-29-14-15-30(24)18-26(20-10-12-28-13-11-20,21-7-5-8-22(27)17-21)23-9-4-6-19(23)16-25(31)32-2/h5,7-8,14-15,17,19-20,23,28H,3-4,6,9-13,16,18H2,1-2H3/t19-,23+,26+/m1/s1. The van der Waals surface area contributed by atoms with E-state index in [1.165, 1.54) is 13.2 Å². The quantitative estimate of drug-likeness (QED) is 0.613. The van der Waals surface area contributed by atoms with E-state index < -0.39 is 0 Å². The van der Waals surface area contributed by atoms with Crippen molar-refractivity contribution in [2.75, 3.05) is 20.2 Å². The number of ether oxygens (including phenoxy) is 1. The minimum absolute atomic E-state index is 0.141. The first-order valence-corrected chi connectivity index (χ1v) is 12.1. The maximum Gasteiger partial charge on any atom is 0.305 e. The molecule has 1 N–H and O–H groups in total. The number of aryl methyl sites for hydroxylation is 1. The smallest absolute Gasteiger partial charge is 0.305 e. The Bertz CT molecular complexity index is 908. The third-order valence-corrected chi connectivity index (χ3v) is 7.96. The lowest BCUT2D eigenvalue weighted by molar-refractivity contribution is -0.142. The molecule has 2 aromatic rings. The Labute approximate surface area is 190 Å². The lowest BCUT2D eigenvalue weighted by atomic mass is 9.57. The molecule has 1 aliphatic heterocycles. The fraction of sp³-hybridized carbons (Fsp3) is 0.615. The molecule has 5 nitrogen and oxygen atoms in total. The van der Waals surface area contributed by atoms with Crippen LogP contribution in [-0.2, 0) is 27.9 Å². The van der Waals surface area contributed by atoms with E-state index in [-0.39, 0.29) is 23.1 Å². The summed E-state index contributed by atoms with van der Waals surface area (Å²) in [6, 6.07) is 7.24. The van der Waals surface area contributed by atoms with Gasteiger partial charge in [-0.05, 0) is 74.2 Å². The molecule has 1 saturated heterocycles. The maximum atomic E-state index is 14.6. The summed E-state index contributed by atoms with van der Waals surface area (Å²) in [5, 5.41) is 3.51. The number of benzene rings is 1. The fourth-order valence-electron chi connectivity index (χ4n) is 6.54. The van der Waals surface area contributed by atoms with E-state index in [4.69, 9.17) is 4.74 Å². The molecule has 1 saturated carbocycles. The molecule has 0 bridgehead atoms. The number of rotatable bonds is 8. The van der Waals surface area contributed by atoms with Crippen molar-refractivity contribution in [3.05, 3.63) is 53.9 Å². The van der Waals surface area contributed by atoms with Crippen LogP contribution in [0, 0.1) is 23.6 Å². The molecule has 2 fully saturated rings. The van der Waals surface area contributed by atoms with Gasteiger partial charge in [0.25, 0.3) is 0 Å². The van der Waals surface area contributed by atoms with Crippen molar-refractivity contribution in [3.8, 4) is 0 Å². The van der Waals surface area contributed by atoms with Crippen LogP contribution in [0.2, 0.25) is 0 Å². The molecule has 4 rings (SSSR count). The van der Waals surface area contributed by atoms with Gasteiger partial charge in [-0.15, -0.1) is 0 Å². The Morgan fingerprint density at radius 3 is 2.81 bits per heavy atom. The highest BCUT2D eigenvalue weighted by Gasteiger charge is 2.51. The normalized spacial score (nSPS) is 23.7. The highest BCUT2D eigenvalue weighted by atomic mass is 19.1. The zero-order chi connectivity index (χ0) is 22.6. The number of carbonyl (C=O) groups excluding carboxylic acids is 1. The van der Waals surface area contributed by atoms with Gasteiger partial charge in [0.05, 0.1) is 7.11 Å². The molecule has 3 atom stereocenters. The highest BCUT2D eigenvalue weighted by molar-refractivity contribution is 5.69. The van der Waals surface area contributed by atoms with Crippen molar-refractivity contribution in [2.45, 2.75) is 63.8 Å². The third kappa shape index (κ3) is 4.47. The number of imidazole rings is 1. The van der Waals surface area contributed by atoms with Crippen LogP contribution in [0.1, 0.15) is 56.8 Å². The van der Waals surface area contributed by atoms with E-state index in [9.17, 15) is 9.18 Å². The average molecular weight is 442 g/mol. The van der Waals surface area contributed by atoms with Crippen LogP contribution in [0.25, 0.3) is 0 Å². The van der Waals surface area contributed by atoms with E-state index in [1.54, 1.807) is 6.07 Å². The number of esters is 1. The van der Waals surface area contributed by atoms with Crippen molar-refractivity contribution in [1.82, 2.24) is 14.9 Å². The first-order valence-electron chi connectivity index (χ1n) is 12.1. The highest BCUT2D eigenvalue weighted by Crippen LogP contribution is 2.54. The molecule has 0 amide bonds. The Morgan fingerprint density at radius 1 is 1.28 bits per heavy atom. The number of nitrogens with one attached hydrogen (secondary N) is 1. The Hall–Kier alpha value is -2.21. The van der Waals surface area contributed by atoms with Crippen molar-refractivity contribution in [2.24, 2.45) is 17.8 Å². The molecule has 1 aliphatic carbocycles. The number of piperidine rings is 1. The molecule has 0 spiro atoms. The molecule has 2 aliphatic rings. The SMILES string of the molecule is CCc1nccn1C[C@@](c1cccc(F)c1)(C1CCNCC1)[C@H]1CCC[C@@H]1CC(=O)OC. The molecule has 174 valence electrons. The number of aromatic nitrogens is 2. The molecule has 2 heterocycles. The van der Waals surface area contributed by atoms with Gasteiger partial charge < -0.3 is 14.6 Å². The van der Waals surface area contributed by atoms with Gasteiger partial charge in [-0.1, -0.05) is 25.5 Å². The van der Waals surface area contributed by atoms with Gasteiger partial charge in [0.15, 0.2) is 0 Å². The lowest BCUT2D eigenvalue weighted by Gasteiger charge is -2.50. The monoisotopic (exact) mass is 441 g/mol. The lowest BCUT2D eigenvalue weighted by Crippen LogP contribution is -2.51. The number of carbonyl (C=O) groups is 1. The Balaban J connectivity index is 1.86. The summed E-state index contributed by atoms with van der Waals surface area (Å²) >= 11 is 0. The molecule has 6 heteroatoms. The van der Waals surface area contributed by atoms with Crippen LogP contribution >= 0.6 is 0 Å². The first kappa shape index (κ1) is 23.0.